The zero-order valence-electron chi connectivity index (χ0n) is 17.2. The largest absolute Gasteiger partial charge is 0.353 e. The molecule has 3 nitrogen and oxygen atoms in total. The van der Waals surface area contributed by atoms with Gasteiger partial charge in [0.1, 0.15) is 0 Å². The van der Waals surface area contributed by atoms with Crippen molar-refractivity contribution in [3.8, 4) is 0 Å². The zero-order valence-corrected chi connectivity index (χ0v) is 17.2. The minimum atomic E-state index is -0.136. The summed E-state index contributed by atoms with van der Waals surface area (Å²) in [7, 11) is 0. The lowest BCUT2D eigenvalue weighted by Crippen LogP contribution is -2.65. The number of hydrogen-bond donors (Lipinski definition) is 2. The molecule has 6 saturated carbocycles. The van der Waals surface area contributed by atoms with Gasteiger partial charge >= 0.3 is 0 Å². The Hall–Kier alpha value is -1.35. The van der Waals surface area contributed by atoms with Crippen LogP contribution in [0, 0.1) is 22.2 Å². The maximum absolute atomic E-state index is 13.7. The van der Waals surface area contributed by atoms with Crippen LogP contribution >= 0.6 is 0 Å². The fourth-order valence-electron chi connectivity index (χ4n) is 9.10. The smallest absolute Gasteiger partial charge is 0.226 e. The Morgan fingerprint density at radius 2 is 1.71 bits per heavy atom. The number of rotatable bonds is 3. The van der Waals surface area contributed by atoms with E-state index >= 15 is 0 Å². The molecule has 6 aliphatic carbocycles. The van der Waals surface area contributed by atoms with E-state index in [0.717, 1.165) is 32.1 Å². The summed E-state index contributed by atoms with van der Waals surface area (Å²) >= 11 is 0. The maximum Gasteiger partial charge on any atom is 0.226 e. The maximum atomic E-state index is 13.7. The first-order valence-electron chi connectivity index (χ1n) is 11.4. The molecule has 1 amide bonds. The van der Waals surface area contributed by atoms with Gasteiger partial charge in [-0.15, -0.1) is 0 Å². The average Bonchev–Trinajstić information content (AvgIpc) is 2.57. The van der Waals surface area contributed by atoms with Gasteiger partial charge in [-0.3, -0.25) is 4.79 Å². The Morgan fingerprint density at radius 3 is 2.39 bits per heavy atom. The molecule has 28 heavy (non-hydrogen) atoms. The van der Waals surface area contributed by atoms with Gasteiger partial charge in [0.05, 0.1) is 5.41 Å². The van der Waals surface area contributed by atoms with E-state index in [2.05, 4.69) is 42.6 Å². The molecule has 4 atom stereocenters. The highest BCUT2D eigenvalue weighted by Crippen LogP contribution is 2.70. The molecule has 1 aromatic carbocycles. The molecule has 6 fully saturated rings. The summed E-state index contributed by atoms with van der Waals surface area (Å²) in [6, 6.07) is 11.9. The summed E-state index contributed by atoms with van der Waals surface area (Å²) in [5.41, 5.74) is 8.38. The summed E-state index contributed by atoms with van der Waals surface area (Å²) in [5, 5.41) is 3.52. The van der Waals surface area contributed by atoms with Crippen molar-refractivity contribution in [3.63, 3.8) is 0 Å². The zero-order chi connectivity index (χ0) is 19.2. The number of amides is 1. The lowest BCUT2D eigenvalue weighted by molar-refractivity contribution is -0.163. The van der Waals surface area contributed by atoms with Crippen molar-refractivity contribution in [1.29, 1.82) is 0 Å². The molecule has 0 heterocycles. The van der Waals surface area contributed by atoms with Crippen LogP contribution in [-0.2, 0) is 10.2 Å². The van der Waals surface area contributed by atoms with Gasteiger partial charge < -0.3 is 11.1 Å². The van der Waals surface area contributed by atoms with E-state index in [9.17, 15) is 4.79 Å². The quantitative estimate of drug-likeness (QED) is 0.824. The second-order valence-corrected chi connectivity index (χ2v) is 12.0. The molecule has 0 aromatic heterocycles. The summed E-state index contributed by atoms with van der Waals surface area (Å²) in [4.78, 5) is 13.7. The Labute approximate surface area is 168 Å². The molecular formula is C25H34N2O. The van der Waals surface area contributed by atoms with Gasteiger partial charge in [-0.2, -0.15) is 0 Å². The van der Waals surface area contributed by atoms with Crippen LogP contribution in [0.2, 0.25) is 0 Å². The van der Waals surface area contributed by atoms with Gasteiger partial charge in [-0.25, -0.2) is 0 Å². The van der Waals surface area contributed by atoms with Crippen LogP contribution in [0.3, 0.4) is 0 Å². The molecule has 4 bridgehead atoms. The summed E-state index contributed by atoms with van der Waals surface area (Å²) < 4.78 is 0. The summed E-state index contributed by atoms with van der Waals surface area (Å²) in [5.74, 6) is 1.09. The SMILES string of the molecule is CC12CC3CC(C(=O)NC4CC5(CC(N)C5)C4)(C1)CC(c1ccccc1)(C3)C2. The molecule has 7 rings (SSSR count). The highest BCUT2D eigenvalue weighted by molar-refractivity contribution is 5.84. The van der Waals surface area contributed by atoms with Crippen molar-refractivity contribution < 1.29 is 4.79 Å². The topological polar surface area (TPSA) is 55.1 Å². The monoisotopic (exact) mass is 378 g/mol. The van der Waals surface area contributed by atoms with Crippen molar-refractivity contribution in [1.82, 2.24) is 5.32 Å². The first-order chi connectivity index (χ1) is 13.3. The Balaban J connectivity index is 1.25. The first-order valence-corrected chi connectivity index (χ1v) is 11.4. The third kappa shape index (κ3) is 2.41. The number of nitrogens with two attached hydrogens (primary N) is 1. The van der Waals surface area contributed by atoms with Gasteiger partial charge in [0, 0.05) is 12.1 Å². The Bertz CT molecular complexity index is 807. The van der Waals surface area contributed by atoms with Crippen LogP contribution in [-0.4, -0.2) is 18.0 Å². The fourth-order valence-corrected chi connectivity index (χ4v) is 9.10. The van der Waals surface area contributed by atoms with Gasteiger partial charge in [-0.05, 0) is 91.9 Å². The predicted molar refractivity (Wildman–Crippen MR) is 111 cm³/mol. The van der Waals surface area contributed by atoms with Crippen LogP contribution in [0.25, 0.3) is 0 Å². The number of carbonyl (C=O) groups excluding carboxylic acids is 1. The molecule has 1 aromatic rings. The highest BCUT2D eigenvalue weighted by Gasteiger charge is 2.65. The van der Waals surface area contributed by atoms with E-state index in [1.54, 1.807) is 0 Å². The molecule has 3 N–H and O–H groups in total. The van der Waals surface area contributed by atoms with E-state index in [1.807, 2.05) is 0 Å². The Morgan fingerprint density at radius 1 is 0.964 bits per heavy atom. The standard InChI is InChI=1S/C25H34N2O/c1-22-7-17-8-24(14-22,18-5-3-2-4-6-18)16-25(9-17,15-22)21(28)27-20-12-23(13-20)10-19(26)11-23/h2-6,17,19-20H,7-16,26H2,1H3,(H,27,28). The van der Waals surface area contributed by atoms with Gasteiger partial charge in [0.25, 0.3) is 0 Å². The van der Waals surface area contributed by atoms with E-state index < -0.39 is 0 Å². The minimum Gasteiger partial charge on any atom is -0.353 e. The Kier molecular flexibility index (Phi) is 3.38. The van der Waals surface area contributed by atoms with E-state index in [-0.39, 0.29) is 10.8 Å². The van der Waals surface area contributed by atoms with E-state index in [4.69, 9.17) is 5.73 Å². The van der Waals surface area contributed by atoms with Crippen molar-refractivity contribution in [3.05, 3.63) is 35.9 Å². The number of hydrogen-bond acceptors (Lipinski definition) is 2. The first kappa shape index (κ1) is 17.5. The van der Waals surface area contributed by atoms with Gasteiger partial charge in [0.15, 0.2) is 0 Å². The number of benzene rings is 1. The third-order valence-corrected chi connectivity index (χ3v) is 9.30. The summed E-state index contributed by atoms with van der Waals surface area (Å²) in [6.07, 6.45) is 11.8. The van der Waals surface area contributed by atoms with Crippen molar-refractivity contribution in [2.24, 2.45) is 27.9 Å². The lowest BCUT2D eigenvalue weighted by atomic mass is 9.38. The second kappa shape index (κ2) is 5.41. The van der Waals surface area contributed by atoms with Crippen LogP contribution in [0.15, 0.2) is 30.3 Å². The molecule has 0 radical (unpaired) electrons. The van der Waals surface area contributed by atoms with Crippen LogP contribution in [0.1, 0.15) is 76.7 Å². The molecule has 0 saturated heterocycles. The summed E-state index contributed by atoms with van der Waals surface area (Å²) in [6.45, 7) is 2.46. The van der Waals surface area contributed by atoms with Crippen molar-refractivity contribution in [2.45, 2.75) is 88.6 Å². The number of carbonyl (C=O) groups is 1. The molecular weight excluding hydrogens is 344 g/mol. The highest BCUT2D eigenvalue weighted by atomic mass is 16.2. The fraction of sp³-hybridized carbons (Fsp3) is 0.720. The van der Waals surface area contributed by atoms with Gasteiger partial charge in [-0.1, -0.05) is 37.3 Å². The van der Waals surface area contributed by atoms with Gasteiger partial charge in [0.2, 0.25) is 5.91 Å². The lowest BCUT2D eigenvalue weighted by Gasteiger charge is -2.66. The van der Waals surface area contributed by atoms with Crippen molar-refractivity contribution >= 4 is 5.91 Å². The molecule has 3 heteroatoms. The molecule has 150 valence electrons. The minimum absolute atomic E-state index is 0.136. The molecule has 0 aliphatic heterocycles. The van der Waals surface area contributed by atoms with Crippen LogP contribution in [0.4, 0.5) is 0 Å². The van der Waals surface area contributed by atoms with Crippen molar-refractivity contribution in [2.75, 3.05) is 0 Å². The average molecular weight is 379 g/mol. The van der Waals surface area contributed by atoms with E-state index in [1.165, 1.54) is 37.7 Å². The molecule has 4 unspecified atom stereocenters. The van der Waals surface area contributed by atoms with E-state index in [0.29, 0.717) is 34.7 Å². The molecule has 1 spiro atoms. The van der Waals surface area contributed by atoms with Crippen LogP contribution in [0.5, 0.6) is 0 Å². The molecule has 6 aliphatic rings. The predicted octanol–water partition coefficient (Wildman–Crippen LogP) is 4.30. The normalized spacial score (nSPS) is 50.9. The number of nitrogens with one attached hydrogen (secondary N) is 1. The second-order valence-electron chi connectivity index (χ2n) is 12.0. The third-order valence-electron chi connectivity index (χ3n) is 9.30. The van der Waals surface area contributed by atoms with Crippen LogP contribution < -0.4 is 11.1 Å².